The van der Waals surface area contributed by atoms with Crippen LogP contribution in [-0.2, 0) is 14.8 Å². The molecule has 6 nitrogen and oxygen atoms in total. The molecule has 0 unspecified atom stereocenters. The average molecular weight is 334 g/mol. The fraction of sp³-hybridized carbons (Fsp3) is 0.462. The molecule has 1 aromatic carbocycles. The van der Waals surface area contributed by atoms with Crippen LogP contribution >= 0.6 is 11.6 Å². The Labute approximate surface area is 128 Å². The summed E-state index contributed by atoms with van der Waals surface area (Å²) in [7, 11) is -3.77. The predicted octanol–water partition coefficient (Wildman–Crippen LogP) is 1.74. The van der Waals surface area contributed by atoms with Crippen molar-refractivity contribution in [1.82, 2.24) is 4.72 Å². The van der Waals surface area contributed by atoms with Gasteiger partial charge in [0.1, 0.15) is 0 Å². The third kappa shape index (κ3) is 4.67. The molecule has 0 radical (unpaired) electrons. The van der Waals surface area contributed by atoms with Crippen molar-refractivity contribution in [1.29, 1.82) is 0 Å². The molecule has 0 aliphatic heterocycles. The van der Waals surface area contributed by atoms with E-state index in [4.69, 9.17) is 21.4 Å². The minimum absolute atomic E-state index is 0.00535. The molecule has 2 N–H and O–H groups in total. The van der Waals surface area contributed by atoms with Crippen LogP contribution in [0.5, 0.6) is 0 Å². The highest BCUT2D eigenvalue weighted by molar-refractivity contribution is 7.89. The van der Waals surface area contributed by atoms with Crippen molar-refractivity contribution in [2.75, 3.05) is 19.8 Å². The van der Waals surface area contributed by atoms with Crippen LogP contribution in [0.4, 0.5) is 0 Å². The molecule has 1 fully saturated rings. The Balaban J connectivity index is 1.94. The number of hydrogen-bond acceptors (Lipinski definition) is 4. The summed E-state index contributed by atoms with van der Waals surface area (Å²) in [6.45, 7) is 1.08. The zero-order chi connectivity index (χ0) is 15.5. The predicted molar refractivity (Wildman–Crippen MR) is 77.1 cm³/mol. The van der Waals surface area contributed by atoms with Gasteiger partial charge in [0, 0.05) is 13.2 Å². The van der Waals surface area contributed by atoms with Gasteiger partial charge in [0.2, 0.25) is 10.0 Å². The zero-order valence-corrected chi connectivity index (χ0v) is 12.8. The number of aromatic carboxylic acids is 1. The van der Waals surface area contributed by atoms with E-state index in [0.29, 0.717) is 12.5 Å². The van der Waals surface area contributed by atoms with Crippen LogP contribution in [0.3, 0.4) is 0 Å². The highest BCUT2D eigenvalue weighted by Crippen LogP contribution is 2.28. The monoisotopic (exact) mass is 333 g/mol. The molecule has 0 bridgehead atoms. The van der Waals surface area contributed by atoms with Gasteiger partial charge >= 0.3 is 5.97 Å². The first-order chi connectivity index (χ1) is 9.90. The largest absolute Gasteiger partial charge is 0.478 e. The van der Waals surface area contributed by atoms with Gasteiger partial charge < -0.3 is 9.84 Å². The van der Waals surface area contributed by atoms with Gasteiger partial charge in [-0.05, 0) is 37.0 Å². The number of carboxylic acid groups (broad SMARTS) is 1. The van der Waals surface area contributed by atoms with Gasteiger partial charge in [0.25, 0.3) is 0 Å². The van der Waals surface area contributed by atoms with E-state index in [1.54, 1.807) is 0 Å². The average Bonchev–Trinajstić information content (AvgIpc) is 3.22. The van der Waals surface area contributed by atoms with Crippen molar-refractivity contribution in [3.8, 4) is 0 Å². The summed E-state index contributed by atoms with van der Waals surface area (Å²) >= 11 is 5.71. The quantitative estimate of drug-likeness (QED) is 0.707. The number of benzene rings is 1. The molecule has 2 rings (SSSR count). The van der Waals surface area contributed by atoms with E-state index in [-0.39, 0.29) is 28.6 Å². The Morgan fingerprint density at radius 2 is 2.14 bits per heavy atom. The molecule has 1 aromatic rings. The molecule has 0 saturated heterocycles. The van der Waals surface area contributed by atoms with E-state index in [1.807, 2.05) is 0 Å². The van der Waals surface area contributed by atoms with Gasteiger partial charge in [-0.1, -0.05) is 11.6 Å². The van der Waals surface area contributed by atoms with Gasteiger partial charge in [-0.3, -0.25) is 0 Å². The maximum Gasteiger partial charge on any atom is 0.337 e. The standard InChI is InChI=1S/C13H16ClNO5S/c14-12-4-3-10(7-11(12)13(16)17)21(18,19)15-5-6-20-8-9-1-2-9/h3-4,7,9,15H,1-2,5-6,8H2,(H,16,17). The number of carboxylic acids is 1. The SMILES string of the molecule is O=C(O)c1cc(S(=O)(=O)NCCOCC2CC2)ccc1Cl. The molecule has 8 heteroatoms. The second-order valence-corrected chi connectivity index (χ2v) is 7.04. The van der Waals surface area contributed by atoms with Crippen molar-refractivity contribution < 1.29 is 23.1 Å². The topological polar surface area (TPSA) is 92.7 Å². The fourth-order valence-electron chi connectivity index (χ4n) is 1.70. The fourth-order valence-corrected chi connectivity index (χ4v) is 2.94. The molecule has 1 aliphatic rings. The minimum atomic E-state index is -3.77. The first-order valence-corrected chi connectivity index (χ1v) is 8.36. The van der Waals surface area contributed by atoms with Crippen LogP contribution in [-0.4, -0.2) is 39.3 Å². The summed E-state index contributed by atoms with van der Waals surface area (Å²) in [4.78, 5) is 10.8. The van der Waals surface area contributed by atoms with Gasteiger partial charge in [0.05, 0.1) is 22.1 Å². The van der Waals surface area contributed by atoms with Crippen molar-refractivity contribution >= 4 is 27.6 Å². The Kier molecular flexibility index (Phi) is 5.21. The van der Waals surface area contributed by atoms with E-state index in [0.717, 1.165) is 6.07 Å². The minimum Gasteiger partial charge on any atom is -0.478 e. The summed E-state index contributed by atoms with van der Waals surface area (Å²) in [5, 5.41) is 8.93. The first-order valence-electron chi connectivity index (χ1n) is 6.50. The van der Waals surface area contributed by atoms with E-state index in [1.165, 1.54) is 25.0 Å². The Hall–Kier alpha value is -1.15. The second-order valence-electron chi connectivity index (χ2n) is 4.86. The first kappa shape index (κ1) is 16.2. The smallest absolute Gasteiger partial charge is 0.337 e. The summed E-state index contributed by atoms with van der Waals surface area (Å²) in [6, 6.07) is 3.56. The van der Waals surface area contributed by atoms with Crippen molar-refractivity contribution in [3.63, 3.8) is 0 Å². The Morgan fingerprint density at radius 3 is 2.76 bits per heavy atom. The number of nitrogens with one attached hydrogen (secondary N) is 1. The van der Waals surface area contributed by atoms with E-state index in [2.05, 4.69) is 4.72 Å². The molecule has 0 atom stereocenters. The number of carbonyl (C=O) groups is 1. The molecule has 116 valence electrons. The van der Waals surface area contributed by atoms with Gasteiger partial charge in [0.15, 0.2) is 0 Å². The molecule has 0 amide bonds. The van der Waals surface area contributed by atoms with E-state index in [9.17, 15) is 13.2 Å². The summed E-state index contributed by atoms with van der Waals surface area (Å²) in [6.07, 6.45) is 2.35. The molecular weight excluding hydrogens is 318 g/mol. The highest BCUT2D eigenvalue weighted by atomic mass is 35.5. The maximum atomic E-state index is 12.0. The number of halogens is 1. The van der Waals surface area contributed by atoms with Crippen LogP contribution in [0.25, 0.3) is 0 Å². The van der Waals surface area contributed by atoms with Crippen LogP contribution in [0, 0.1) is 5.92 Å². The number of ether oxygens (including phenoxy) is 1. The molecular formula is C13H16ClNO5S. The number of sulfonamides is 1. The Morgan fingerprint density at radius 1 is 1.43 bits per heavy atom. The van der Waals surface area contributed by atoms with Gasteiger partial charge in [-0.2, -0.15) is 0 Å². The lowest BCUT2D eigenvalue weighted by Crippen LogP contribution is -2.28. The third-order valence-corrected chi connectivity index (χ3v) is 4.86. The number of hydrogen-bond donors (Lipinski definition) is 2. The summed E-state index contributed by atoms with van der Waals surface area (Å²) in [5.74, 6) is -0.652. The molecule has 21 heavy (non-hydrogen) atoms. The molecule has 0 aromatic heterocycles. The summed E-state index contributed by atoms with van der Waals surface area (Å²) in [5.41, 5.74) is -0.246. The van der Waals surface area contributed by atoms with Gasteiger partial charge in [-0.15, -0.1) is 0 Å². The molecule has 1 saturated carbocycles. The molecule has 0 heterocycles. The van der Waals surface area contributed by atoms with Gasteiger partial charge in [-0.25, -0.2) is 17.9 Å². The lowest BCUT2D eigenvalue weighted by molar-refractivity contribution is 0.0697. The van der Waals surface area contributed by atoms with Crippen LogP contribution in [0.2, 0.25) is 5.02 Å². The number of rotatable bonds is 8. The highest BCUT2D eigenvalue weighted by Gasteiger charge is 2.21. The van der Waals surface area contributed by atoms with Crippen molar-refractivity contribution in [2.24, 2.45) is 5.92 Å². The lowest BCUT2D eigenvalue weighted by atomic mass is 10.2. The van der Waals surface area contributed by atoms with E-state index >= 15 is 0 Å². The summed E-state index contributed by atoms with van der Waals surface area (Å²) < 4.78 is 31.7. The normalized spacial score (nSPS) is 15.1. The lowest BCUT2D eigenvalue weighted by Gasteiger charge is -2.08. The van der Waals surface area contributed by atoms with Crippen LogP contribution in [0.15, 0.2) is 23.1 Å². The molecule has 1 aliphatic carbocycles. The van der Waals surface area contributed by atoms with Crippen molar-refractivity contribution in [2.45, 2.75) is 17.7 Å². The third-order valence-electron chi connectivity index (χ3n) is 3.07. The maximum absolute atomic E-state index is 12.0. The second kappa shape index (κ2) is 6.74. The van der Waals surface area contributed by atoms with Crippen LogP contribution < -0.4 is 4.72 Å². The van der Waals surface area contributed by atoms with Crippen molar-refractivity contribution in [3.05, 3.63) is 28.8 Å². The zero-order valence-electron chi connectivity index (χ0n) is 11.2. The Bertz CT molecular complexity index is 627. The molecule has 0 spiro atoms. The van der Waals surface area contributed by atoms with Crippen LogP contribution in [0.1, 0.15) is 23.2 Å². The van der Waals surface area contributed by atoms with E-state index < -0.39 is 16.0 Å².